The third-order valence-electron chi connectivity index (χ3n) is 5.28. The van der Waals surface area contributed by atoms with E-state index in [0.717, 1.165) is 37.2 Å². The van der Waals surface area contributed by atoms with Crippen molar-refractivity contribution in [3.8, 4) is 22.8 Å². The number of rotatable bonds is 8. The molecule has 2 heterocycles. The molecule has 1 saturated heterocycles. The number of nitrogens with zero attached hydrogens (tertiary/aromatic N) is 3. The van der Waals surface area contributed by atoms with Crippen molar-refractivity contribution in [1.29, 1.82) is 0 Å². The number of hydrogen-bond acceptors (Lipinski definition) is 6. The van der Waals surface area contributed by atoms with Crippen LogP contribution >= 0.6 is 0 Å². The molecule has 0 amide bonds. The standard InChI is InChI=1S/C22H26N4O3S/c1-17-9-11-18(12-10-17)21-24-22(29-25-21)19-7-2-3-8-20(19)30(27,28)23-13-6-16-26-14-4-5-15-26/h2-3,7-12,23H,4-6,13-16H2,1H3. The normalized spacial score (nSPS) is 15.0. The zero-order valence-electron chi connectivity index (χ0n) is 17.0. The number of aryl methyl sites for hydroxylation is 1. The van der Waals surface area contributed by atoms with Gasteiger partial charge in [0.15, 0.2) is 0 Å². The molecule has 8 heteroatoms. The van der Waals surface area contributed by atoms with Gasteiger partial charge >= 0.3 is 0 Å². The van der Waals surface area contributed by atoms with Crippen LogP contribution in [0.25, 0.3) is 22.8 Å². The van der Waals surface area contributed by atoms with Crippen molar-refractivity contribution in [3.05, 3.63) is 54.1 Å². The lowest BCUT2D eigenvalue weighted by molar-refractivity contribution is 0.334. The van der Waals surface area contributed by atoms with E-state index < -0.39 is 10.0 Å². The van der Waals surface area contributed by atoms with Gasteiger partial charge in [-0.05, 0) is 58.0 Å². The largest absolute Gasteiger partial charge is 0.334 e. The topological polar surface area (TPSA) is 88.3 Å². The Balaban J connectivity index is 1.50. The molecule has 1 aliphatic rings. The highest BCUT2D eigenvalue weighted by Gasteiger charge is 2.22. The van der Waals surface area contributed by atoms with Crippen LogP contribution in [0.4, 0.5) is 0 Å². The summed E-state index contributed by atoms with van der Waals surface area (Å²) in [5.41, 5.74) is 2.35. The highest BCUT2D eigenvalue weighted by Crippen LogP contribution is 2.28. The first-order valence-electron chi connectivity index (χ1n) is 10.3. The molecule has 1 aromatic heterocycles. The number of hydrogen-bond donors (Lipinski definition) is 1. The molecular weight excluding hydrogens is 400 g/mol. The Morgan fingerprint density at radius 1 is 1.07 bits per heavy atom. The van der Waals surface area contributed by atoms with E-state index in [2.05, 4.69) is 19.8 Å². The van der Waals surface area contributed by atoms with E-state index in [1.54, 1.807) is 24.3 Å². The minimum Gasteiger partial charge on any atom is -0.334 e. The first-order valence-corrected chi connectivity index (χ1v) is 11.7. The molecule has 158 valence electrons. The molecule has 1 N–H and O–H groups in total. The average molecular weight is 427 g/mol. The van der Waals surface area contributed by atoms with Crippen molar-refractivity contribution in [2.75, 3.05) is 26.2 Å². The number of aromatic nitrogens is 2. The first kappa shape index (κ1) is 20.7. The summed E-state index contributed by atoms with van der Waals surface area (Å²) in [5.74, 6) is 0.611. The van der Waals surface area contributed by atoms with E-state index in [-0.39, 0.29) is 10.8 Å². The maximum absolute atomic E-state index is 12.9. The summed E-state index contributed by atoms with van der Waals surface area (Å²) in [4.78, 5) is 6.94. The van der Waals surface area contributed by atoms with Crippen LogP contribution in [0.3, 0.4) is 0 Å². The molecule has 0 radical (unpaired) electrons. The van der Waals surface area contributed by atoms with Crippen LogP contribution in [-0.2, 0) is 10.0 Å². The molecule has 0 saturated carbocycles. The fourth-order valence-corrected chi connectivity index (χ4v) is 4.89. The van der Waals surface area contributed by atoms with E-state index >= 15 is 0 Å². The molecule has 3 aromatic rings. The Labute approximate surface area is 177 Å². The Morgan fingerprint density at radius 2 is 1.80 bits per heavy atom. The minimum absolute atomic E-state index is 0.144. The second-order valence-electron chi connectivity index (χ2n) is 7.59. The molecule has 0 unspecified atom stereocenters. The van der Waals surface area contributed by atoms with Crippen LogP contribution in [0, 0.1) is 6.92 Å². The quantitative estimate of drug-likeness (QED) is 0.555. The summed E-state index contributed by atoms with van der Waals surface area (Å²) in [6.45, 7) is 5.52. The maximum atomic E-state index is 12.9. The number of benzene rings is 2. The van der Waals surface area contributed by atoms with Crippen molar-refractivity contribution in [3.63, 3.8) is 0 Å². The maximum Gasteiger partial charge on any atom is 0.259 e. The van der Waals surface area contributed by atoms with E-state index in [0.29, 0.717) is 17.9 Å². The second kappa shape index (κ2) is 9.07. The Morgan fingerprint density at radius 3 is 2.57 bits per heavy atom. The summed E-state index contributed by atoms with van der Waals surface area (Å²) < 4.78 is 34.0. The molecule has 7 nitrogen and oxygen atoms in total. The van der Waals surface area contributed by atoms with Gasteiger partial charge in [0.25, 0.3) is 5.89 Å². The predicted molar refractivity (Wildman–Crippen MR) is 115 cm³/mol. The van der Waals surface area contributed by atoms with Crippen LogP contribution in [-0.4, -0.2) is 49.6 Å². The SMILES string of the molecule is Cc1ccc(-c2noc(-c3ccccc3S(=O)(=O)NCCCN3CCCC3)n2)cc1. The Bertz CT molecular complexity index is 1090. The molecular formula is C22H26N4O3S. The van der Waals surface area contributed by atoms with Crippen LogP contribution < -0.4 is 4.72 Å². The average Bonchev–Trinajstić information content (AvgIpc) is 3.44. The van der Waals surface area contributed by atoms with Crippen molar-refractivity contribution in [2.24, 2.45) is 0 Å². The van der Waals surface area contributed by atoms with Crippen molar-refractivity contribution in [2.45, 2.75) is 31.1 Å². The zero-order chi connectivity index (χ0) is 21.0. The Kier molecular flexibility index (Phi) is 6.26. The highest BCUT2D eigenvalue weighted by atomic mass is 32.2. The highest BCUT2D eigenvalue weighted by molar-refractivity contribution is 7.89. The van der Waals surface area contributed by atoms with Gasteiger partial charge in [-0.25, -0.2) is 13.1 Å². The first-order chi connectivity index (χ1) is 14.5. The fourth-order valence-electron chi connectivity index (χ4n) is 3.62. The van der Waals surface area contributed by atoms with Gasteiger partial charge in [-0.2, -0.15) is 4.98 Å². The van der Waals surface area contributed by atoms with Crippen LogP contribution in [0.1, 0.15) is 24.8 Å². The summed E-state index contributed by atoms with van der Waals surface area (Å²) in [6, 6.07) is 14.5. The van der Waals surface area contributed by atoms with E-state index in [1.165, 1.54) is 12.8 Å². The third kappa shape index (κ3) is 4.77. The summed E-state index contributed by atoms with van der Waals surface area (Å²) in [6.07, 6.45) is 3.24. The fraction of sp³-hybridized carbons (Fsp3) is 0.364. The van der Waals surface area contributed by atoms with E-state index in [4.69, 9.17) is 4.52 Å². The molecule has 4 rings (SSSR count). The molecule has 1 fully saturated rings. The van der Waals surface area contributed by atoms with Gasteiger partial charge in [-0.3, -0.25) is 0 Å². The van der Waals surface area contributed by atoms with Gasteiger partial charge in [-0.15, -0.1) is 0 Å². The van der Waals surface area contributed by atoms with Crippen LogP contribution in [0.15, 0.2) is 57.9 Å². The van der Waals surface area contributed by atoms with Gasteiger partial charge in [0.1, 0.15) is 0 Å². The minimum atomic E-state index is -3.69. The molecule has 0 aliphatic carbocycles. The number of nitrogens with one attached hydrogen (secondary N) is 1. The van der Waals surface area contributed by atoms with Gasteiger partial charge in [-0.1, -0.05) is 47.1 Å². The Hall–Kier alpha value is -2.55. The van der Waals surface area contributed by atoms with Crippen molar-refractivity contribution in [1.82, 2.24) is 19.8 Å². The summed E-state index contributed by atoms with van der Waals surface area (Å²) in [5, 5.41) is 4.03. The lowest BCUT2D eigenvalue weighted by Gasteiger charge is -2.14. The van der Waals surface area contributed by atoms with Crippen molar-refractivity contribution >= 4 is 10.0 Å². The van der Waals surface area contributed by atoms with Gasteiger partial charge in [0.05, 0.1) is 10.5 Å². The van der Waals surface area contributed by atoms with Gasteiger partial charge in [0, 0.05) is 12.1 Å². The van der Waals surface area contributed by atoms with Crippen LogP contribution in [0.5, 0.6) is 0 Å². The number of likely N-dealkylation sites (tertiary alicyclic amines) is 1. The summed E-state index contributed by atoms with van der Waals surface area (Å²) >= 11 is 0. The molecule has 0 bridgehead atoms. The monoisotopic (exact) mass is 426 g/mol. The van der Waals surface area contributed by atoms with Gasteiger partial charge < -0.3 is 9.42 Å². The summed E-state index contributed by atoms with van der Waals surface area (Å²) in [7, 11) is -3.69. The molecule has 0 spiro atoms. The number of sulfonamides is 1. The van der Waals surface area contributed by atoms with Crippen molar-refractivity contribution < 1.29 is 12.9 Å². The third-order valence-corrected chi connectivity index (χ3v) is 6.80. The lowest BCUT2D eigenvalue weighted by atomic mass is 10.1. The second-order valence-corrected chi connectivity index (χ2v) is 9.32. The lowest BCUT2D eigenvalue weighted by Crippen LogP contribution is -2.29. The van der Waals surface area contributed by atoms with E-state index in [1.807, 2.05) is 31.2 Å². The smallest absolute Gasteiger partial charge is 0.259 e. The van der Waals surface area contributed by atoms with Gasteiger partial charge in [0.2, 0.25) is 15.8 Å². The molecule has 1 aliphatic heterocycles. The molecule has 2 aromatic carbocycles. The zero-order valence-corrected chi connectivity index (χ0v) is 17.9. The van der Waals surface area contributed by atoms with E-state index in [9.17, 15) is 8.42 Å². The molecule has 0 atom stereocenters. The predicted octanol–water partition coefficient (Wildman–Crippen LogP) is 3.48. The van der Waals surface area contributed by atoms with Crippen LogP contribution in [0.2, 0.25) is 0 Å². The molecule has 30 heavy (non-hydrogen) atoms.